The van der Waals surface area contributed by atoms with E-state index in [0.717, 1.165) is 30.0 Å². The number of para-hydroxylation sites is 1. The highest BCUT2D eigenvalue weighted by Crippen LogP contribution is 2.18. The van der Waals surface area contributed by atoms with Gasteiger partial charge in [0.1, 0.15) is 12.4 Å². The molecule has 0 aliphatic carbocycles. The first-order valence-corrected chi connectivity index (χ1v) is 6.25. The largest absolute Gasteiger partial charge is 0.487 e. The van der Waals surface area contributed by atoms with Crippen LogP contribution in [0.25, 0.3) is 0 Å². The molecule has 1 heterocycles. The van der Waals surface area contributed by atoms with Gasteiger partial charge in [-0.2, -0.15) is 0 Å². The molecule has 18 heavy (non-hydrogen) atoms. The quantitative estimate of drug-likeness (QED) is 0.849. The zero-order valence-corrected chi connectivity index (χ0v) is 10.7. The average Bonchev–Trinajstić information content (AvgIpc) is 2.84. The molecule has 96 valence electrons. The standard InChI is InChI=1S/C14H19N3O/c1-2-7-17-11-16-9-13(17)10-18-14-6-4-3-5-12(14)8-15/h3-6,9,11H,2,7-8,10,15H2,1H3. The second-order valence-electron chi connectivity index (χ2n) is 4.18. The summed E-state index contributed by atoms with van der Waals surface area (Å²) in [5.41, 5.74) is 7.79. The molecule has 0 radical (unpaired) electrons. The molecule has 1 aromatic carbocycles. The summed E-state index contributed by atoms with van der Waals surface area (Å²) in [6.07, 6.45) is 4.78. The van der Waals surface area contributed by atoms with E-state index in [1.54, 1.807) is 0 Å². The second-order valence-corrected chi connectivity index (χ2v) is 4.18. The molecule has 0 unspecified atom stereocenters. The molecule has 2 rings (SSSR count). The van der Waals surface area contributed by atoms with Gasteiger partial charge in [0, 0.05) is 18.7 Å². The van der Waals surface area contributed by atoms with Gasteiger partial charge in [-0.1, -0.05) is 25.1 Å². The summed E-state index contributed by atoms with van der Waals surface area (Å²) in [4.78, 5) is 4.15. The number of hydrogen-bond acceptors (Lipinski definition) is 3. The molecule has 0 bridgehead atoms. The first-order valence-electron chi connectivity index (χ1n) is 6.25. The van der Waals surface area contributed by atoms with E-state index in [4.69, 9.17) is 10.5 Å². The zero-order valence-electron chi connectivity index (χ0n) is 10.7. The van der Waals surface area contributed by atoms with E-state index in [0.29, 0.717) is 13.2 Å². The van der Waals surface area contributed by atoms with Crippen LogP contribution in [-0.4, -0.2) is 9.55 Å². The monoisotopic (exact) mass is 245 g/mol. The van der Waals surface area contributed by atoms with E-state index in [-0.39, 0.29) is 0 Å². The Balaban J connectivity index is 2.04. The summed E-state index contributed by atoms with van der Waals surface area (Å²) in [6, 6.07) is 7.86. The van der Waals surface area contributed by atoms with Gasteiger partial charge < -0.3 is 15.0 Å². The van der Waals surface area contributed by atoms with E-state index in [1.165, 1.54) is 0 Å². The lowest BCUT2D eigenvalue weighted by molar-refractivity contribution is 0.291. The Morgan fingerprint density at radius 2 is 2.17 bits per heavy atom. The van der Waals surface area contributed by atoms with E-state index < -0.39 is 0 Å². The van der Waals surface area contributed by atoms with E-state index in [9.17, 15) is 0 Å². The molecule has 4 heteroatoms. The lowest BCUT2D eigenvalue weighted by Crippen LogP contribution is -2.07. The summed E-state index contributed by atoms with van der Waals surface area (Å²) in [5.74, 6) is 0.851. The molecule has 0 spiro atoms. The van der Waals surface area contributed by atoms with E-state index in [1.807, 2.05) is 36.8 Å². The smallest absolute Gasteiger partial charge is 0.130 e. The normalized spacial score (nSPS) is 10.6. The Bertz CT molecular complexity index is 493. The van der Waals surface area contributed by atoms with Crippen LogP contribution >= 0.6 is 0 Å². The van der Waals surface area contributed by atoms with Crippen molar-refractivity contribution in [3.8, 4) is 5.75 Å². The van der Waals surface area contributed by atoms with Crippen molar-refractivity contribution in [2.75, 3.05) is 0 Å². The highest BCUT2D eigenvalue weighted by molar-refractivity contribution is 5.33. The van der Waals surface area contributed by atoms with Crippen LogP contribution in [0.3, 0.4) is 0 Å². The molecule has 2 aromatic rings. The predicted molar refractivity (Wildman–Crippen MR) is 71.2 cm³/mol. The van der Waals surface area contributed by atoms with Crippen molar-refractivity contribution in [2.24, 2.45) is 5.73 Å². The van der Waals surface area contributed by atoms with Gasteiger partial charge in [-0.05, 0) is 12.5 Å². The number of aryl methyl sites for hydroxylation is 1. The van der Waals surface area contributed by atoms with Gasteiger partial charge in [0.05, 0.1) is 18.2 Å². The third-order valence-electron chi connectivity index (χ3n) is 2.83. The predicted octanol–water partition coefficient (Wildman–Crippen LogP) is 2.33. The minimum atomic E-state index is 0.490. The molecule has 0 atom stereocenters. The number of rotatable bonds is 6. The van der Waals surface area contributed by atoms with Crippen molar-refractivity contribution in [2.45, 2.75) is 33.0 Å². The maximum absolute atomic E-state index is 5.82. The molecule has 0 aliphatic heterocycles. The van der Waals surface area contributed by atoms with Crippen LogP contribution in [0.5, 0.6) is 5.75 Å². The molecule has 0 aliphatic rings. The highest BCUT2D eigenvalue weighted by Gasteiger charge is 2.05. The maximum atomic E-state index is 5.82. The molecule has 0 amide bonds. The summed E-state index contributed by atoms with van der Waals surface area (Å²) >= 11 is 0. The van der Waals surface area contributed by atoms with Gasteiger partial charge in [-0.15, -0.1) is 0 Å². The molecular weight excluding hydrogens is 226 g/mol. The zero-order chi connectivity index (χ0) is 12.8. The van der Waals surface area contributed by atoms with E-state index >= 15 is 0 Å². The highest BCUT2D eigenvalue weighted by atomic mass is 16.5. The number of nitrogens with zero attached hydrogens (tertiary/aromatic N) is 2. The SMILES string of the molecule is CCCn1cncc1COc1ccccc1CN. The Morgan fingerprint density at radius 3 is 2.94 bits per heavy atom. The molecule has 0 saturated heterocycles. The van der Waals surface area contributed by atoms with Crippen molar-refractivity contribution in [1.29, 1.82) is 0 Å². The Kier molecular flexibility index (Phi) is 4.36. The van der Waals surface area contributed by atoms with Crippen LogP contribution in [0.2, 0.25) is 0 Å². The second kappa shape index (κ2) is 6.21. The minimum absolute atomic E-state index is 0.490. The van der Waals surface area contributed by atoms with Crippen LogP contribution in [0.4, 0.5) is 0 Å². The van der Waals surface area contributed by atoms with Crippen LogP contribution in [-0.2, 0) is 19.7 Å². The fraction of sp³-hybridized carbons (Fsp3) is 0.357. The van der Waals surface area contributed by atoms with Crippen LogP contribution in [0.1, 0.15) is 24.6 Å². The first kappa shape index (κ1) is 12.6. The lowest BCUT2D eigenvalue weighted by Gasteiger charge is -2.11. The van der Waals surface area contributed by atoms with Gasteiger partial charge in [0.25, 0.3) is 0 Å². The van der Waals surface area contributed by atoms with Crippen molar-refractivity contribution in [3.63, 3.8) is 0 Å². The average molecular weight is 245 g/mol. The van der Waals surface area contributed by atoms with Gasteiger partial charge >= 0.3 is 0 Å². The summed E-state index contributed by atoms with van der Waals surface area (Å²) < 4.78 is 7.93. The third-order valence-corrected chi connectivity index (χ3v) is 2.83. The minimum Gasteiger partial charge on any atom is -0.487 e. The first-order chi connectivity index (χ1) is 8.85. The summed E-state index contributed by atoms with van der Waals surface area (Å²) in [7, 11) is 0. The Morgan fingerprint density at radius 1 is 1.33 bits per heavy atom. The summed E-state index contributed by atoms with van der Waals surface area (Å²) in [5, 5.41) is 0. The number of benzene rings is 1. The molecule has 1 aromatic heterocycles. The molecule has 2 N–H and O–H groups in total. The lowest BCUT2D eigenvalue weighted by atomic mass is 10.2. The fourth-order valence-corrected chi connectivity index (χ4v) is 1.88. The van der Waals surface area contributed by atoms with Gasteiger partial charge in [0.2, 0.25) is 0 Å². The number of imidazole rings is 1. The molecular formula is C14H19N3O. The Hall–Kier alpha value is -1.81. The fourth-order valence-electron chi connectivity index (χ4n) is 1.88. The van der Waals surface area contributed by atoms with E-state index in [2.05, 4.69) is 16.5 Å². The van der Waals surface area contributed by atoms with Crippen molar-refractivity contribution < 1.29 is 4.74 Å². The molecule has 0 fully saturated rings. The maximum Gasteiger partial charge on any atom is 0.130 e. The van der Waals surface area contributed by atoms with Crippen LogP contribution < -0.4 is 10.5 Å². The topological polar surface area (TPSA) is 53.1 Å². The number of hydrogen-bond donors (Lipinski definition) is 1. The Labute approximate surface area is 107 Å². The van der Waals surface area contributed by atoms with Gasteiger partial charge in [0.15, 0.2) is 0 Å². The number of ether oxygens (including phenoxy) is 1. The third kappa shape index (κ3) is 2.90. The van der Waals surface area contributed by atoms with Gasteiger partial charge in [-0.25, -0.2) is 4.98 Å². The number of aromatic nitrogens is 2. The van der Waals surface area contributed by atoms with Crippen molar-refractivity contribution in [3.05, 3.63) is 48.0 Å². The summed E-state index contributed by atoms with van der Waals surface area (Å²) in [6.45, 7) is 4.13. The van der Waals surface area contributed by atoms with Crippen LogP contribution in [0, 0.1) is 0 Å². The molecule has 4 nitrogen and oxygen atoms in total. The number of nitrogens with two attached hydrogens (primary N) is 1. The van der Waals surface area contributed by atoms with Crippen LogP contribution in [0.15, 0.2) is 36.8 Å². The van der Waals surface area contributed by atoms with Crippen molar-refractivity contribution >= 4 is 0 Å². The van der Waals surface area contributed by atoms with Crippen molar-refractivity contribution in [1.82, 2.24) is 9.55 Å². The molecule has 0 saturated carbocycles. The van der Waals surface area contributed by atoms with Gasteiger partial charge in [-0.3, -0.25) is 0 Å².